The fourth-order valence-electron chi connectivity index (χ4n) is 5.31. The van der Waals surface area contributed by atoms with Gasteiger partial charge < -0.3 is 24.4 Å². The molecule has 2 amide bonds. The van der Waals surface area contributed by atoms with Crippen LogP contribution in [0.5, 0.6) is 5.88 Å². The van der Waals surface area contributed by atoms with Crippen molar-refractivity contribution in [3.63, 3.8) is 0 Å². The molecule has 4 heterocycles. The number of ether oxygens (including phenoxy) is 2. The fourth-order valence-corrected chi connectivity index (χ4v) is 6.73. The number of carbonyl (C=O) groups is 2. The molecule has 3 aliphatic heterocycles. The molecule has 14 heteroatoms. The summed E-state index contributed by atoms with van der Waals surface area (Å²) in [6.45, 7) is 5.84. The van der Waals surface area contributed by atoms with E-state index in [-0.39, 0.29) is 49.1 Å². The summed E-state index contributed by atoms with van der Waals surface area (Å²) in [7, 11) is -3.55. The molecule has 13 nitrogen and oxygen atoms in total. The molecule has 0 bridgehead atoms. The third kappa shape index (κ3) is 7.39. The van der Waals surface area contributed by atoms with Gasteiger partial charge >= 0.3 is 6.09 Å². The number of piperazine rings is 1. The Morgan fingerprint density at radius 2 is 1.88 bits per heavy atom. The number of piperidine rings is 1. The van der Waals surface area contributed by atoms with Crippen LogP contribution in [0.4, 0.5) is 10.6 Å². The summed E-state index contributed by atoms with van der Waals surface area (Å²) in [6, 6.07) is 0. The summed E-state index contributed by atoms with van der Waals surface area (Å²) in [5.74, 6) is 0.632. The Balaban J connectivity index is 1.03. The monoisotopic (exact) mass is 580 g/mol. The number of aromatic nitrogens is 2. The molecule has 4 fully saturated rings. The van der Waals surface area contributed by atoms with Gasteiger partial charge in [0.25, 0.3) is 0 Å². The highest BCUT2D eigenvalue weighted by Crippen LogP contribution is 2.39. The minimum Gasteiger partial charge on any atom is -0.476 e. The van der Waals surface area contributed by atoms with Gasteiger partial charge in [-0.1, -0.05) is 0 Å². The molecule has 1 aromatic heterocycles. The van der Waals surface area contributed by atoms with Crippen LogP contribution < -0.4 is 9.64 Å². The Labute approximate surface area is 235 Å². The third-order valence-electron chi connectivity index (χ3n) is 8.22. The lowest BCUT2D eigenvalue weighted by Crippen LogP contribution is -2.53. The van der Waals surface area contributed by atoms with Gasteiger partial charge in [0.1, 0.15) is 5.60 Å². The van der Waals surface area contributed by atoms with Gasteiger partial charge in [-0.05, 0) is 57.9 Å². The molecule has 0 radical (unpaired) electrons. The van der Waals surface area contributed by atoms with Crippen molar-refractivity contribution >= 4 is 27.8 Å². The standard InChI is InChI=1S/C26H40N6O7S/c1-26(6-7-26)39-25(35)30-10-3-20(4-11-30)19-38-23-16-27-22(15-28-23)32-13-12-31(18-24(32)34)40(36,37)14-2-8-29-9-5-21(33)17-29/h15-16,20-21,33H,2-14,17-19H2,1H3/t21-/m0/s1. The van der Waals surface area contributed by atoms with Crippen molar-refractivity contribution in [2.45, 2.75) is 57.2 Å². The zero-order valence-corrected chi connectivity index (χ0v) is 23.9. The molecule has 1 aromatic rings. The Hall–Kier alpha value is -2.55. The summed E-state index contributed by atoms with van der Waals surface area (Å²) < 4.78 is 38.2. The van der Waals surface area contributed by atoms with E-state index in [1.807, 2.05) is 6.92 Å². The van der Waals surface area contributed by atoms with E-state index in [1.165, 1.54) is 21.6 Å². The Morgan fingerprint density at radius 3 is 2.50 bits per heavy atom. The largest absolute Gasteiger partial charge is 0.476 e. The number of rotatable bonds is 10. The lowest BCUT2D eigenvalue weighted by Gasteiger charge is -2.33. The van der Waals surface area contributed by atoms with Gasteiger partial charge in [0.15, 0.2) is 5.82 Å². The number of carbonyl (C=O) groups excluding carboxylic acids is 2. The van der Waals surface area contributed by atoms with Gasteiger partial charge in [-0.25, -0.2) is 23.2 Å². The quantitative estimate of drug-likeness (QED) is 0.419. The summed E-state index contributed by atoms with van der Waals surface area (Å²) in [4.78, 5) is 39.0. The average molecular weight is 581 g/mol. The molecule has 222 valence electrons. The summed E-state index contributed by atoms with van der Waals surface area (Å²) >= 11 is 0. The molecule has 1 atom stereocenters. The molecule has 4 aliphatic rings. The van der Waals surface area contributed by atoms with Crippen LogP contribution in [-0.4, -0.2) is 126 Å². The maximum Gasteiger partial charge on any atom is 0.410 e. The second-order valence-corrected chi connectivity index (χ2v) is 13.7. The van der Waals surface area contributed by atoms with Crippen molar-refractivity contribution in [1.29, 1.82) is 0 Å². The van der Waals surface area contributed by atoms with Crippen molar-refractivity contribution in [2.75, 3.05) is 69.6 Å². The predicted molar refractivity (Wildman–Crippen MR) is 145 cm³/mol. The van der Waals surface area contributed by atoms with Crippen molar-refractivity contribution < 1.29 is 32.6 Å². The second-order valence-electron chi connectivity index (χ2n) is 11.6. The first-order chi connectivity index (χ1) is 19.1. The Bertz CT molecular complexity index is 1150. The summed E-state index contributed by atoms with van der Waals surface area (Å²) in [5, 5.41) is 9.62. The summed E-state index contributed by atoms with van der Waals surface area (Å²) in [5.41, 5.74) is -0.267. The SMILES string of the molecule is CC1(OC(=O)N2CCC(COc3cnc(N4CCN(S(=O)(=O)CCCN5CC[C@H](O)C5)CC4=O)cn3)CC2)CC1. The third-order valence-corrected chi connectivity index (χ3v) is 10.1. The number of β-amino-alcohol motifs (C(OH)–C–C–N with tert-alkyl or cyclic N) is 1. The highest BCUT2D eigenvalue weighted by molar-refractivity contribution is 7.89. The molecule has 1 N–H and O–H groups in total. The van der Waals surface area contributed by atoms with Gasteiger partial charge in [-0.3, -0.25) is 9.69 Å². The highest BCUT2D eigenvalue weighted by atomic mass is 32.2. The van der Waals surface area contributed by atoms with Crippen LogP contribution in [0.3, 0.4) is 0 Å². The van der Waals surface area contributed by atoms with E-state index < -0.39 is 10.0 Å². The zero-order chi connectivity index (χ0) is 28.3. The Morgan fingerprint density at radius 1 is 1.10 bits per heavy atom. The number of aliphatic hydroxyl groups excluding tert-OH is 1. The fraction of sp³-hybridized carbons (Fsp3) is 0.769. The second kappa shape index (κ2) is 12.1. The number of nitrogens with zero attached hydrogens (tertiary/aromatic N) is 6. The van der Waals surface area contributed by atoms with Gasteiger partial charge in [0.05, 0.1) is 37.4 Å². The molecule has 1 aliphatic carbocycles. The number of sulfonamides is 1. The molecule has 1 saturated carbocycles. The number of amides is 2. The Kier molecular flexibility index (Phi) is 8.78. The normalized spacial score (nSPS) is 24.4. The maximum atomic E-state index is 12.8. The lowest BCUT2D eigenvalue weighted by molar-refractivity contribution is -0.120. The first kappa shape index (κ1) is 29.0. The van der Waals surface area contributed by atoms with Crippen LogP contribution in [0.15, 0.2) is 12.4 Å². The topological polar surface area (TPSA) is 146 Å². The maximum absolute atomic E-state index is 12.8. The minimum atomic E-state index is -3.55. The van der Waals surface area contributed by atoms with E-state index in [0.29, 0.717) is 56.8 Å². The van der Waals surface area contributed by atoms with Gasteiger partial charge in [-0.15, -0.1) is 0 Å². The molecule has 0 spiro atoms. The van der Waals surface area contributed by atoms with Crippen LogP contribution in [0.2, 0.25) is 0 Å². The van der Waals surface area contributed by atoms with E-state index in [0.717, 1.165) is 38.6 Å². The van der Waals surface area contributed by atoms with Crippen LogP contribution in [0.25, 0.3) is 0 Å². The number of hydrogen-bond donors (Lipinski definition) is 1. The van der Waals surface area contributed by atoms with E-state index in [1.54, 1.807) is 4.90 Å². The predicted octanol–water partition coefficient (Wildman–Crippen LogP) is 0.692. The number of aliphatic hydroxyl groups is 1. The van der Waals surface area contributed by atoms with Gasteiger partial charge in [0, 0.05) is 39.3 Å². The van der Waals surface area contributed by atoms with Gasteiger partial charge in [0.2, 0.25) is 21.8 Å². The molecular weight excluding hydrogens is 540 g/mol. The van der Waals surface area contributed by atoms with E-state index >= 15 is 0 Å². The van der Waals surface area contributed by atoms with Crippen LogP contribution in [0.1, 0.15) is 45.4 Å². The first-order valence-electron chi connectivity index (χ1n) is 14.2. The summed E-state index contributed by atoms with van der Waals surface area (Å²) in [6.07, 6.45) is 7.07. The van der Waals surface area contributed by atoms with Crippen LogP contribution >= 0.6 is 0 Å². The molecule has 3 saturated heterocycles. The van der Waals surface area contributed by atoms with Crippen molar-refractivity contribution in [3.05, 3.63) is 12.4 Å². The van der Waals surface area contributed by atoms with Crippen molar-refractivity contribution in [1.82, 2.24) is 24.1 Å². The zero-order valence-electron chi connectivity index (χ0n) is 23.1. The van der Waals surface area contributed by atoms with Crippen LogP contribution in [0, 0.1) is 5.92 Å². The average Bonchev–Trinajstić information content (AvgIpc) is 3.51. The highest BCUT2D eigenvalue weighted by Gasteiger charge is 2.43. The minimum absolute atomic E-state index is 0.0265. The van der Waals surface area contributed by atoms with E-state index in [2.05, 4.69) is 14.9 Å². The van der Waals surface area contributed by atoms with E-state index in [4.69, 9.17) is 9.47 Å². The molecule has 0 aromatic carbocycles. The van der Waals surface area contributed by atoms with Gasteiger partial charge in [-0.2, -0.15) is 4.31 Å². The molecular formula is C26H40N6O7S. The van der Waals surface area contributed by atoms with E-state index in [9.17, 15) is 23.1 Å². The molecule has 40 heavy (non-hydrogen) atoms. The lowest BCUT2D eigenvalue weighted by atomic mass is 9.98. The molecule has 0 unspecified atom stereocenters. The first-order valence-corrected chi connectivity index (χ1v) is 15.8. The number of likely N-dealkylation sites (tertiary alicyclic amines) is 2. The smallest absolute Gasteiger partial charge is 0.410 e. The number of anilines is 1. The van der Waals surface area contributed by atoms with Crippen molar-refractivity contribution in [2.24, 2.45) is 5.92 Å². The van der Waals surface area contributed by atoms with Crippen molar-refractivity contribution in [3.8, 4) is 5.88 Å². The number of hydrogen-bond acceptors (Lipinski definition) is 10. The molecule has 5 rings (SSSR count). The van der Waals surface area contributed by atoms with Crippen LogP contribution in [-0.2, 0) is 19.6 Å².